The summed E-state index contributed by atoms with van der Waals surface area (Å²) >= 11 is 0. The van der Waals surface area contributed by atoms with Crippen LogP contribution in [0.5, 0.6) is 5.75 Å². The lowest BCUT2D eigenvalue weighted by molar-refractivity contribution is -0.0498. The van der Waals surface area contributed by atoms with Crippen molar-refractivity contribution in [2.45, 2.75) is 13.5 Å². The van der Waals surface area contributed by atoms with Crippen molar-refractivity contribution in [3.8, 4) is 5.75 Å². The van der Waals surface area contributed by atoms with E-state index in [1.807, 2.05) is 0 Å². The van der Waals surface area contributed by atoms with Crippen molar-refractivity contribution in [1.29, 1.82) is 0 Å². The highest BCUT2D eigenvalue weighted by atomic mass is 19.3. The molecule has 0 fully saturated rings. The molecule has 1 rings (SSSR count). The third-order valence-electron chi connectivity index (χ3n) is 2.53. The van der Waals surface area contributed by atoms with Gasteiger partial charge in [0.2, 0.25) is 0 Å². The van der Waals surface area contributed by atoms with Crippen molar-refractivity contribution in [3.05, 3.63) is 29.8 Å². The zero-order chi connectivity index (χ0) is 15.1. The highest BCUT2D eigenvalue weighted by molar-refractivity contribution is 5.94. The van der Waals surface area contributed by atoms with Crippen LogP contribution in [-0.2, 0) is 0 Å². The number of ether oxygens (including phenoxy) is 1. The number of amidine groups is 1. The summed E-state index contributed by atoms with van der Waals surface area (Å²) in [5, 5.41) is 13.9. The molecule has 1 atom stereocenters. The Morgan fingerprint density at radius 1 is 1.45 bits per heavy atom. The first-order valence-corrected chi connectivity index (χ1v) is 5.74. The second-order valence-electron chi connectivity index (χ2n) is 4.04. The van der Waals surface area contributed by atoms with Gasteiger partial charge in [0.1, 0.15) is 11.6 Å². The monoisotopic (exact) mass is 287 g/mol. The molecule has 4 N–H and O–H groups in total. The number of carbonyl (C=O) groups is 1. The maximum Gasteiger partial charge on any atom is 0.387 e. The topological polar surface area (TPSA) is 96.9 Å². The van der Waals surface area contributed by atoms with Crippen molar-refractivity contribution >= 4 is 11.7 Å². The predicted octanol–water partition coefficient (Wildman–Crippen LogP) is 1.40. The van der Waals surface area contributed by atoms with E-state index in [1.54, 1.807) is 6.92 Å². The van der Waals surface area contributed by atoms with E-state index in [1.165, 1.54) is 24.3 Å². The highest BCUT2D eigenvalue weighted by Gasteiger charge is 2.11. The van der Waals surface area contributed by atoms with E-state index in [2.05, 4.69) is 15.2 Å². The fraction of sp³-hybridized carbons (Fsp3) is 0.333. The van der Waals surface area contributed by atoms with E-state index < -0.39 is 12.5 Å². The van der Waals surface area contributed by atoms with Gasteiger partial charge in [-0.1, -0.05) is 12.1 Å². The Labute approximate surface area is 114 Å². The second-order valence-corrected chi connectivity index (χ2v) is 4.04. The minimum atomic E-state index is -2.91. The number of hydrogen-bond acceptors (Lipinski definition) is 4. The summed E-state index contributed by atoms with van der Waals surface area (Å²) < 4.78 is 28.1. The highest BCUT2D eigenvalue weighted by Crippen LogP contribution is 2.14. The number of carbonyl (C=O) groups excluding carboxylic acids is 1. The Morgan fingerprint density at radius 2 is 2.05 bits per heavy atom. The minimum Gasteiger partial charge on any atom is -0.435 e. The maximum absolute atomic E-state index is 12.0. The van der Waals surface area contributed by atoms with E-state index in [4.69, 9.17) is 10.9 Å². The van der Waals surface area contributed by atoms with Crippen LogP contribution in [0.25, 0.3) is 0 Å². The summed E-state index contributed by atoms with van der Waals surface area (Å²) in [5.41, 5.74) is 5.66. The van der Waals surface area contributed by atoms with Crippen molar-refractivity contribution in [2.24, 2.45) is 16.8 Å². The predicted molar refractivity (Wildman–Crippen MR) is 68.0 cm³/mol. The lowest BCUT2D eigenvalue weighted by Gasteiger charge is -2.11. The van der Waals surface area contributed by atoms with Gasteiger partial charge in [0.15, 0.2) is 0 Å². The average Bonchev–Trinajstić information content (AvgIpc) is 2.43. The van der Waals surface area contributed by atoms with Crippen LogP contribution in [0.3, 0.4) is 0 Å². The quantitative estimate of drug-likeness (QED) is 0.319. The number of benzene rings is 1. The van der Waals surface area contributed by atoms with E-state index in [0.29, 0.717) is 5.56 Å². The smallest absolute Gasteiger partial charge is 0.387 e. The van der Waals surface area contributed by atoms with Crippen LogP contribution in [0, 0.1) is 5.92 Å². The number of oxime groups is 1. The van der Waals surface area contributed by atoms with Crippen LogP contribution in [0.4, 0.5) is 8.78 Å². The Bertz CT molecular complexity index is 477. The lowest BCUT2D eigenvalue weighted by Crippen LogP contribution is -2.34. The molecule has 0 spiro atoms. The molecule has 0 heterocycles. The number of amides is 1. The number of hydrogen-bond donors (Lipinski definition) is 3. The van der Waals surface area contributed by atoms with Crippen LogP contribution < -0.4 is 15.8 Å². The second kappa shape index (κ2) is 7.27. The molecule has 0 saturated heterocycles. The number of nitrogens with one attached hydrogen (secondary N) is 1. The number of halogens is 2. The van der Waals surface area contributed by atoms with E-state index in [9.17, 15) is 13.6 Å². The molecule has 6 nitrogen and oxygen atoms in total. The lowest BCUT2D eigenvalue weighted by atomic mass is 10.1. The zero-order valence-corrected chi connectivity index (χ0v) is 10.7. The Morgan fingerprint density at radius 3 is 2.55 bits per heavy atom. The summed E-state index contributed by atoms with van der Waals surface area (Å²) in [4.78, 5) is 11.8. The number of rotatable bonds is 6. The van der Waals surface area contributed by atoms with E-state index in [-0.39, 0.29) is 24.0 Å². The summed E-state index contributed by atoms with van der Waals surface area (Å²) in [6.07, 6.45) is 0. The van der Waals surface area contributed by atoms with Gasteiger partial charge in [0, 0.05) is 18.0 Å². The number of nitrogens with two attached hydrogens (primary N) is 1. The molecule has 0 aliphatic carbocycles. The summed E-state index contributed by atoms with van der Waals surface area (Å²) in [6, 6.07) is 5.27. The number of alkyl halides is 2. The van der Waals surface area contributed by atoms with Crippen LogP contribution in [0.15, 0.2) is 29.4 Å². The van der Waals surface area contributed by atoms with Gasteiger partial charge in [-0.05, 0) is 24.3 Å². The molecule has 20 heavy (non-hydrogen) atoms. The van der Waals surface area contributed by atoms with Gasteiger partial charge >= 0.3 is 6.61 Å². The molecule has 1 aromatic rings. The van der Waals surface area contributed by atoms with Crippen molar-refractivity contribution < 1.29 is 23.5 Å². The van der Waals surface area contributed by atoms with Gasteiger partial charge < -0.3 is 21.0 Å². The molecule has 110 valence electrons. The summed E-state index contributed by atoms with van der Waals surface area (Å²) in [7, 11) is 0. The molecule has 1 unspecified atom stereocenters. The molecule has 0 bridgehead atoms. The fourth-order valence-corrected chi connectivity index (χ4v) is 1.34. The van der Waals surface area contributed by atoms with Gasteiger partial charge in [0.25, 0.3) is 5.91 Å². The molecule has 8 heteroatoms. The molecule has 0 radical (unpaired) electrons. The maximum atomic E-state index is 12.0. The largest absolute Gasteiger partial charge is 0.435 e. The molecular weight excluding hydrogens is 272 g/mol. The number of nitrogens with zero attached hydrogens (tertiary/aromatic N) is 1. The molecule has 0 aliphatic rings. The summed E-state index contributed by atoms with van der Waals surface area (Å²) in [5.74, 6) is -0.746. The first-order valence-electron chi connectivity index (χ1n) is 5.74. The molecule has 0 aliphatic heterocycles. The normalized spacial score (nSPS) is 13.1. The first-order chi connectivity index (χ1) is 9.43. The Hall–Kier alpha value is -2.38. The standard InChI is InChI=1S/C12H15F2N3O3/c1-7(10(15)17-19)6-16-11(18)8-2-4-9(5-3-8)20-12(13)14/h2-5,7,12,19H,6H2,1H3,(H2,15,17)(H,16,18). The van der Waals surface area contributed by atoms with Gasteiger partial charge in [0.05, 0.1) is 0 Å². The first kappa shape index (κ1) is 15.7. The van der Waals surface area contributed by atoms with Gasteiger partial charge in [-0.2, -0.15) is 8.78 Å². The average molecular weight is 287 g/mol. The van der Waals surface area contributed by atoms with Gasteiger partial charge in [-0.3, -0.25) is 4.79 Å². The molecule has 0 saturated carbocycles. The molecule has 1 amide bonds. The zero-order valence-electron chi connectivity index (χ0n) is 10.7. The van der Waals surface area contributed by atoms with Gasteiger partial charge in [-0.15, -0.1) is 0 Å². The SMILES string of the molecule is CC(CNC(=O)c1ccc(OC(F)F)cc1)C(N)=NO. The third-order valence-corrected chi connectivity index (χ3v) is 2.53. The van der Waals surface area contributed by atoms with Crippen molar-refractivity contribution in [1.82, 2.24) is 5.32 Å². The van der Waals surface area contributed by atoms with E-state index >= 15 is 0 Å². The molecule has 0 aromatic heterocycles. The molecule has 1 aromatic carbocycles. The van der Waals surface area contributed by atoms with Crippen LogP contribution in [-0.4, -0.2) is 30.1 Å². The fourth-order valence-electron chi connectivity index (χ4n) is 1.34. The van der Waals surface area contributed by atoms with Crippen LogP contribution in [0.2, 0.25) is 0 Å². The third kappa shape index (κ3) is 4.71. The van der Waals surface area contributed by atoms with Crippen LogP contribution in [0.1, 0.15) is 17.3 Å². The van der Waals surface area contributed by atoms with E-state index in [0.717, 1.165) is 0 Å². The Kier molecular flexibility index (Phi) is 5.70. The van der Waals surface area contributed by atoms with Crippen molar-refractivity contribution in [2.75, 3.05) is 6.54 Å². The molecular formula is C12H15F2N3O3. The van der Waals surface area contributed by atoms with Crippen LogP contribution >= 0.6 is 0 Å². The minimum absolute atomic E-state index is 0.00554. The summed E-state index contributed by atoms with van der Waals surface area (Å²) in [6.45, 7) is -1.05. The Balaban J connectivity index is 2.56. The van der Waals surface area contributed by atoms with Gasteiger partial charge in [-0.25, -0.2) is 0 Å². The van der Waals surface area contributed by atoms with Crippen molar-refractivity contribution in [3.63, 3.8) is 0 Å².